The van der Waals surface area contributed by atoms with Crippen LogP contribution in [0.25, 0.3) is 0 Å². The average molecular weight is 269 g/mol. The van der Waals surface area contributed by atoms with E-state index in [-0.39, 0.29) is 18.9 Å². The Balaban J connectivity index is 2.05. The Morgan fingerprint density at radius 1 is 1.37 bits per heavy atom. The summed E-state index contributed by atoms with van der Waals surface area (Å²) < 4.78 is 38.1. The fourth-order valence-corrected chi connectivity index (χ4v) is 2.42. The standard InChI is InChI=1S/C13H14F3N3/c14-13(15,16)10-4-1-5-11(7-10)19-12-9(8-17)3-2-6-18-12/h2-3,6,10-11H,1,4-5,7H2,(H,18,19). The van der Waals surface area contributed by atoms with E-state index < -0.39 is 12.1 Å². The van der Waals surface area contributed by atoms with E-state index in [9.17, 15) is 13.2 Å². The largest absolute Gasteiger partial charge is 0.391 e. The Morgan fingerprint density at radius 3 is 2.84 bits per heavy atom. The molecule has 0 saturated heterocycles. The Kier molecular flexibility index (Phi) is 3.93. The number of hydrogen-bond donors (Lipinski definition) is 1. The summed E-state index contributed by atoms with van der Waals surface area (Å²) in [4.78, 5) is 4.02. The van der Waals surface area contributed by atoms with Crippen molar-refractivity contribution in [3.63, 3.8) is 0 Å². The van der Waals surface area contributed by atoms with Crippen LogP contribution in [0.15, 0.2) is 18.3 Å². The zero-order chi connectivity index (χ0) is 13.9. The minimum atomic E-state index is -4.14. The third-order valence-corrected chi connectivity index (χ3v) is 3.41. The number of anilines is 1. The summed E-state index contributed by atoms with van der Waals surface area (Å²) in [6, 6.07) is 4.93. The Bertz CT molecular complexity index is 479. The predicted octanol–water partition coefficient (Wildman–Crippen LogP) is 3.49. The first-order chi connectivity index (χ1) is 9.00. The second-order valence-electron chi connectivity index (χ2n) is 4.76. The summed E-state index contributed by atoms with van der Waals surface area (Å²) in [5.74, 6) is -0.883. The van der Waals surface area contributed by atoms with Crippen LogP contribution in [-0.2, 0) is 0 Å². The van der Waals surface area contributed by atoms with E-state index in [1.165, 1.54) is 6.20 Å². The highest BCUT2D eigenvalue weighted by Gasteiger charge is 2.42. The van der Waals surface area contributed by atoms with E-state index in [2.05, 4.69) is 10.3 Å². The molecule has 0 bridgehead atoms. The number of pyridine rings is 1. The van der Waals surface area contributed by atoms with Crippen molar-refractivity contribution in [1.29, 1.82) is 5.26 Å². The number of hydrogen-bond acceptors (Lipinski definition) is 3. The number of nitriles is 1. The maximum Gasteiger partial charge on any atom is 0.391 e. The first kappa shape index (κ1) is 13.7. The summed E-state index contributed by atoms with van der Waals surface area (Å²) in [6.45, 7) is 0. The number of nitrogens with one attached hydrogen (secondary N) is 1. The average Bonchev–Trinajstić information content (AvgIpc) is 2.39. The number of alkyl halides is 3. The molecule has 0 radical (unpaired) electrons. The molecule has 1 heterocycles. The number of aromatic nitrogens is 1. The number of nitrogens with zero attached hydrogens (tertiary/aromatic N) is 2. The summed E-state index contributed by atoms with van der Waals surface area (Å²) in [6.07, 6.45) is -1.17. The lowest BCUT2D eigenvalue weighted by Gasteiger charge is -2.31. The molecule has 102 valence electrons. The topological polar surface area (TPSA) is 48.7 Å². The Morgan fingerprint density at radius 2 is 2.16 bits per heavy atom. The molecular formula is C13H14F3N3. The van der Waals surface area contributed by atoms with Crippen LogP contribution in [0.5, 0.6) is 0 Å². The van der Waals surface area contributed by atoms with E-state index in [1.807, 2.05) is 6.07 Å². The van der Waals surface area contributed by atoms with Gasteiger partial charge in [0.05, 0.1) is 11.5 Å². The summed E-state index contributed by atoms with van der Waals surface area (Å²) >= 11 is 0. The summed E-state index contributed by atoms with van der Waals surface area (Å²) in [7, 11) is 0. The number of rotatable bonds is 2. The zero-order valence-corrected chi connectivity index (χ0v) is 10.2. The highest BCUT2D eigenvalue weighted by molar-refractivity contribution is 5.51. The smallest absolute Gasteiger partial charge is 0.366 e. The molecule has 1 aromatic heterocycles. The van der Waals surface area contributed by atoms with Crippen LogP contribution in [-0.4, -0.2) is 17.2 Å². The second-order valence-corrected chi connectivity index (χ2v) is 4.76. The van der Waals surface area contributed by atoms with Crippen molar-refractivity contribution >= 4 is 5.82 Å². The third kappa shape index (κ3) is 3.37. The molecule has 1 aliphatic rings. The highest BCUT2D eigenvalue weighted by atomic mass is 19.4. The molecule has 2 rings (SSSR count). The first-order valence-electron chi connectivity index (χ1n) is 6.19. The molecule has 1 aromatic rings. The van der Waals surface area contributed by atoms with Gasteiger partial charge in [-0.25, -0.2) is 4.98 Å². The molecule has 0 aliphatic heterocycles. The van der Waals surface area contributed by atoms with Gasteiger partial charge in [-0.2, -0.15) is 18.4 Å². The van der Waals surface area contributed by atoms with Crippen LogP contribution >= 0.6 is 0 Å². The molecule has 0 amide bonds. The lowest BCUT2D eigenvalue weighted by molar-refractivity contribution is -0.182. The van der Waals surface area contributed by atoms with Gasteiger partial charge < -0.3 is 5.32 Å². The van der Waals surface area contributed by atoms with Gasteiger partial charge in [0, 0.05) is 12.2 Å². The quantitative estimate of drug-likeness (QED) is 0.894. The van der Waals surface area contributed by atoms with Crippen molar-refractivity contribution in [2.45, 2.75) is 37.9 Å². The van der Waals surface area contributed by atoms with Crippen molar-refractivity contribution < 1.29 is 13.2 Å². The van der Waals surface area contributed by atoms with Crippen molar-refractivity contribution in [2.75, 3.05) is 5.32 Å². The second kappa shape index (κ2) is 5.47. The van der Waals surface area contributed by atoms with Gasteiger partial charge in [0.25, 0.3) is 0 Å². The minimum Gasteiger partial charge on any atom is -0.366 e. The molecular weight excluding hydrogens is 255 g/mol. The van der Waals surface area contributed by atoms with E-state index >= 15 is 0 Å². The van der Waals surface area contributed by atoms with Gasteiger partial charge in [0.1, 0.15) is 11.9 Å². The lowest BCUT2D eigenvalue weighted by Crippen LogP contribution is -2.35. The van der Waals surface area contributed by atoms with Gasteiger partial charge in [-0.05, 0) is 31.4 Å². The van der Waals surface area contributed by atoms with Gasteiger partial charge in [-0.3, -0.25) is 0 Å². The molecule has 1 N–H and O–H groups in total. The van der Waals surface area contributed by atoms with Gasteiger partial charge in [0.15, 0.2) is 0 Å². The van der Waals surface area contributed by atoms with E-state index in [0.717, 1.165) is 0 Å². The van der Waals surface area contributed by atoms with Gasteiger partial charge >= 0.3 is 6.18 Å². The minimum absolute atomic E-state index is 0.0466. The third-order valence-electron chi connectivity index (χ3n) is 3.41. The molecule has 0 spiro atoms. The highest BCUT2D eigenvalue weighted by Crippen LogP contribution is 2.38. The van der Waals surface area contributed by atoms with Gasteiger partial charge in [0.2, 0.25) is 0 Å². The molecule has 1 saturated carbocycles. The molecule has 2 unspecified atom stereocenters. The van der Waals surface area contributed by atoms with E-state index in [4.69, 9.17) is 5.26 Å². The molecule has 1 aliphatic carbocycles. The predicted molar refractivity (Wildman–Crippen MR) is 64.4 cm³/mol. The first-order valence-corrected chi connectivity index (χ1v) is 6.19. The monoisotopic (exact) mass is 269 g/mol. The molecule has 1 fully saturated rings. The normalized spacial score (nSPS) is 23.7. The van der Waals surface area contributed by atoms with Crippen LogP contribution < -0.4 is 5.32 Å². The van der Waals surface area contributed by atoms with Crippen LogP contribution in [0, 0.1) is 17.2 Å². The van der Waals surface area contributed by atoms with Gasteiger partial charge in [-0.15, -0.1) is 0 Å². The molecule has 3 nitrogen and oxygen atoms in total. The van der Waals surface area contributed by atoms with Crippen LogP contribution in [0.1, 0.15) is 31.2 Å². The molecule has 2 atom stereocenters. The van der Waals surface area contributed by atoms with Crippen LogP contribution in [0.4, 0.5) is 19.0 Å². The van der Waals surface area contributed by atoms with Crippen molar-refractivity contribution in [3.05, 3.63) is 23.9 Å². The van der Waals surface area contributed by atoms with Crippen LogP contribution in [0.3, 0.4) is 0 Å². The number of halogens is 3. The summed E-state index contributed by atoms with van der Waals surface area (Å²) in [5.41, 5.74) is 0.358. The lowest BCUT2D eigenvalue weighted by atomic mass is 9.85. The molecule has 0 aromatic carbocycles. The fraction of sp³-hybridized carbons (Fsp3) is 0.538. The van der Waals surface area contributed by atoms with E-state index in [0.29, 0.717) is 24.2 Å². The van der Waals surface area contributed by atoms with Crippen molar-refractivity contribution in [2.24, 2.45) is 5.92 Å². The Labute approximate surface area is 109 Å². The van der Waals surface area contributed by atoms with Crippen molar-refractivity contribution in [1.82, 2.24) is 4.98 Å². The molecule has 19 heavy (non-hydrogen) atoms. The van der Waals surface area contributed by atoms with Gasteiger partial charge in [-0.1, -0.05) is 6.42 Å². The maximum absolute atomic E-state index is 12.7. The fourth-order valence-electron chi connectivity index (χ4n) is 2.42. The molecule has 6 heteroatoms. The van der Waals surface area contributed by atoms with Crippen molar-refractivity contribution in [3.8, 4) is 6.07 Å². The maximum atomic E-state index is 12.7. The van der Waals surface area contributed by atoms with E-state index in [1.54, 1.807) is 12.1 Å². The Hall–Kier alpha value is -1.77. The van der Waals surface area contributed by atoms with Crippen LogP contribution in [0.2, 0.25) is 0 Å². The SMILES string of the molecule is N#Cc1cccnc1NC1CCCC(C(F)(F)F)C1. The summed E-state index contributed by atoms with van der Waals surface area (Å²) in [5, 5.41) is 11.9. The zero-order valence-electron chi connectivity index (χ0n) is 10.2.